The summed E-state index contributed by atoms with van der Waals surface area (Å²) >= 11 is 0. The lowest BCUT2D eigenvalue weighted by Gasteiger charge is -2.19. The van der Waals surface area contributed by atoms with Crippen molar-refractivity contribution in [1.82, 2.24) is 4.90 Å². The molecule has 9 heteroatoms. The van der Waals surface area contributed by atoms with Gasteiger partial charge in [0, 0.05) is 31.7 Å². The fraction of sp³-hybridized carbons (Fsp3) is 0.429. The molecule has 0 heterocycles. The van der Waals surface area contributed by atoms with Crippen LogP contribution in [-0.2, 0) is 16.1 Å². The summed E-state index contributed by atoms with van der Waals surface area (Å²) in [4.78, 5) is 23.2. The molecule has 0 aliphatic heterocycles. The molecule has 1 aromatic carbocycles. The maximum Gasteiger partial charge on any atom is 0.471 e. The highest BCUT2D eigenvalue weighted by Gasteiger charge is 2.41. The molecule has 3 N–H and O–H groups in total. The number of hydrogen-bond donors (Lipinski definition) is 2. The zero-order valence-electron chi connectivity index (χ0n) is 12.7. The van der Waals surface area contributed by atoms with Gasteiger partial charge < -0.3 is 16.0 Å². The van der Waals surface area contributed by atoms with Crippen molar-refractivity contribution < 1.29 is 22.8 Å². The SMILES string of the molecule is CC(N)CC(=O)Nc1cccc(CN(C)C(=O)C(F)(F)F)c1.Cl. The summed E-state index contributed by atoms with van der Waals surface area (Å²) < 4.78 is 36.9. The fourth-order valence-corrected chi connectivity index (χ4v) is 1.81. The number of amides is 2. The summed E-state index contributed by atoms with van der Waals surface area (Å²) in [6, 6.07) is 5.98. The van der Waals surface area contributed by atoms with Crippen LogP contribution >= 0.6 is 12.4 Å². The van der Waals surface area contributed by atoms with E-state index in [0.717, 1.165) is 7.05 Å². The molecule has 1 unspecified atom stereocenters. The Morgan fingerprint density at radius 2 is 1.96 bits per heavy atom. The molecule has 0 saturated heterocycles. The van der Waals surface area contributed by atoms with Crippen molar-refractivity contribution in [2.45, 2.75) is 32.1 Å². The molecule has 130 valence electrons. The van der Waals surface area contributed by atoms with Crippen LogP contribution in [0.15, 0.2) is 24.3 Å². The van der Waals surface area contributed by atoms with E-state index in [4.69, 9.17) is 5.73 Å². The van der Waals surface area contributed by atoms with Crippen LogP contribution in [-0.4, -0.2) is 36.0 Å². The minimum atomic E-state index is -4.90. The molecule has 1 aromatic rings. The molecule has 0 saturated carbocycles. The minimum Gasteiger partial charge on any atom is -0.334 e. The van der Waals surface area contributed by atoms with E-state index >= 15 is 0 Å². The molecule has 2 amide bonds. The van der Waals surface area contributed by atoms with E-state index in [-0.39, 0.29) is 37.3 Å². The normalized spacial score (nSPS) is 12.1. The third-order valence-corrected chi connectivity index (χ3v) is 2.73. The van der Waals surface area contributed by atoms with Gasteiger partial charge in [-0.15, -0.1) is 12.4 Å². The predicted octanol–water partition coefficient (Wildman–Crippen LogP) is 2.30. The zero-order valence-corrected chi connectivity index (χ0v) is 13.5. The molecule has 23 heavy (non-hydrogen) atoms. The average Bonchev–Trinajstić information content (AvgIpc) is 2.35. The van der Waals surface area contributed by atoms with Crippen molar-refractivity contribution in [3.05, 3.63) is 29.8 Å². The quantitative estimate of drug-likeness (QED) is 0.853. The second-order valence-corrected chi connectivity index (χ2v) is 5.09. The van der Waals surface area contributed by atoms with Gasteiger partial charge in [0.1, 0.15) is 0 Å². The van der Waals surface area contributed by atoms with Crippen molar-refractivity contribution in [2.24, 2.45) is 5.73 Å². The average molecular weight is 354 g/mol. The van der Waals surface area contributed by atoms with Crippen molar-refractivity contribution >= 4 is 29.9 Å². The van der Waals surface area contributed by atoms with E-state index in [1.54, 1.807) is 25.1 Å². The second kappa shape index (κ2) is 8.73. The molecule has 0 bridgehead atoms. The van der Waals surface area contributed by atoms with E-state index in [9.17, 15) is 22.8 Å². The maximum atomic E-state index is 12.3. The third-order valence-electron chi connectivity index (χ3n) is 2.73. The Bertz CT molecular complexity index is 550. The smallest absolute Gasteiger partial charge is 0.334 e. The molecular formula is C14H19ClF3N3O2. The van der Waals surface area contributed by atoms with Crippen LogP contribution in [0.2, 0.25) is 0 Å². The Kier molecular flexibility index (Phi) is 8.05. The maximum absolute atomic E-state index is 12.3. The summed E-state index contributed by atoms with van der Waals surface area (Å²) in [7, 11) is 1.07. The van der Waals surface area contributed by atoms with Crippen LogP contribution in [0.3, 0.4) is 0 Å². The summed E-state index contributed by atoms with van der Waals surface area (Å²) in [5.41, 5.74) is 6.42. The van der Waals surface area contributed by atoms with Crippen LogP contribution in [0, 0.1) is 0 Å². The number of benzene rings is 1. The van der Waals surface area contributed by atoms with Crippen LogP contribution in [0.1, 0.15) is 18.9 Å². The monoisotopic (exact) mass is 353 g/mol. The minimum absolute atomic E-state index is 0. The second-order valence-electron chi connectivity index (χ2n) is 5.09. The Hall–Kier alpha value is -1.80. The molecule has 0 aromatic heterocycles. The van der Waals surface area contributed by atoms with Gasteiger partial charge in [-0.25, -0.2) is 0 Å². The molecule has 0 fully saturated rings. The first-order valence-corrected chi connectivity index (χ1v) is 6.56. The van der Waals surface area contributed by atoms with E-state index in [2.05, 4.69) is 5.32 Å². The lowest BCUT2D eigenvalue weighted by Crippen LogP contribution is -2.37. The van der Waals surface area contributed by atoms with Crippen molar-refractivity contribution in [3.8, 4) is 0 Å². The highest BCUT2D eigenvalue weighted by Crippen LogP contribution is 2.20. The molecule has 0 aliphatic carbocycles. The number of carbonyl (C=O) groups is 2. The summed E-state index contributed by atoms with van der Waals surface area (Å²) in [6.45, 7) is 1.48. The third kappa shape index (κ3) is 7.34. The first-order valence-electron chi connectivity index (χ1n) is 6.56. The molecule has 5 nitrogen and oxygen atoms in total. The number of alkyl halides is 3. The topological polar surface area (TPSA) is 75.4 Å². The highest BCUT2D eigenvalue weighted by atomic mass is 35.5. The van der Waals surface area contributed by atoms with Crippen LogP contribution in [0.25, 0.3) is 0 Å². The van der Waals surface area contributed by atoms with E-state index in [0.29, 0.717) is 16.2 Å². The number of nitrogens with zero attached hydrogens (tertiary/aromatic N) is 1. The first kappa shape index (κ1) is 21.2. The number of anilines is 1. The van der Waals surface area contributed by atoms with Gasteiger partial charge in [0.05, 0.1) is 0 Å². The summed E-state index contributed by atoms with van der Waals surface area (Å²) in [5, 5.41) is 2.60. The van der Waals surface area contributed by atoms with E-state index in [1.807, 2.05) is 0 Å². The fourth-order valence-electron chi connectivity index (χ4n) is 1.81. The molecule has 1 atom stereocenters. The summed E-state index contributed by atoms with van der Waals surface area (Å²) in [5.74, 6) is -2.20. The molecule has 0 spiro atoms. The zero-order chi connectivity index (χ0) is 16.9. The number of halogens is 4. The Balaban J connectivity index is 0.00000484. The molecular weight excluding hydrogens is 335 g/mol. The van der Waals surface area contributed by atoms with Crippen molar-refractivity contribution in [1.29, 1.82) is 0 Å². The van der Waals surface area contributed by atoms with Crippen LogP contribution in [0.4, 0.5) is 18.9 Å². The van der Waals surface area contributed by atoms with Crippen LogP contribution < -0.4 is 11.1 Å². The van der Waals surface area contributed by atoms with Gasteiger partial charge in [-0.1, -0.05) is 12.1 Å². The Morgan fingerprint density at radius 3 is 2.48 bits per heavy atom. The van der Waals surface area contributed by atoms with E-state index < -0.39 is 12.1 Å². The van der Waals surface area contributed by atoms with Gasteiger partial charge in [-0.3, -0.25) is 9.59 Å². The lowest BCUT2D eigenvalue weighted by atomic mass is 10.1. The van der Waals surface area contributed by atoms with Gasteiger partial charge in [0.2, 0.25) is 5.91 Å². The number of carbonyl (C=O) groups excluding carboxylic acids is 2. The number of hydrogen-bond acceptors (Lipinski definition) is 3. The lowest BCUT2D eigenvalue weighted by molar-refractivity contribution is -0.184. The first-order chi connectivity index (χ1) is 10.1. The number of nitrogens with two attached hydrogens (primary N) is 1. The van der Waals surface area contributed by atoms with Crippen molar-refractivity contribution in [2.75, 3.05) is 12.4 Å². The molecule has 1 rings (SSSR count). The van der Waals surface area contributed by atoms with Gasteiger partial charge in [0.25, 0.3) is 0 Å². The van der Waals surface area contributed by atoms with Gasteiger partial charge in [0.15, 0.2) is 0 Å². The van der Waals surface area contributed by atoms with Gasteiger partial charge in [-0.05, 0) is 24.6 Å². The van der Waals surface area contributed by atoms with E-state index in [1.165, 1.54) is 6.07 Å². The Labute approximate surface area is 138 Å². The predicted molar refractivity (Wildman–Crippen MR) is 83.1 cm³/mol. The van der Waals surface area contributed by atoms with Gasteiger partial charge >= 0.3 is 12.1 Å². The molecule has 0 radical (unpaired) electrons. The number of nitrogens with one attached hydrogen (secondary N) is 1. The van der Waals surface area contributed by atoms with Gasteiger partial charge in [-0.2, -0.15) is 13.2 Å². The number of rotatable bonds is 5. The molecule has 0 aliphatic rings. The van der Waals surface area contributed by atoms with Crippen molar-refractivity contribution in [3.63, 3.8) is 0 Å². The Morgan fingerprint density at radius 1 is 1.35 bits per heavy atom. The van der Waals surface area contributed by atoms with Crippen LogP contribution in [0.5, 0.6) is 0 Å². The largest absolute Gasteiger partial charge is 0.471 e. The summed E-state index contributed by atoms with van der Waals surface area (Å²) in [6.07, 6.45) is -4.77. The highest BCUT2D eigenvalue weighted by molar-refractivity contribution is 5.91. The standard InChI is InChI=1S/C14H18F3N3O2.ClH/c1-9(18)6-12(21)19-11-5-3-4-10(7-11)8-20(2)13(22)14(15,16)17;/h3-5,7,9H,6,8,18H2,1-2H3,(H,19,21);1H.